The normalized spacial score (nSPS) is 14.2. The van der Waals surface area contributed by atoms with Crippen molar-refractivity contribution in [3.63, 3.8) is 0 Å². The highest BCUT2D eigenvalue weighted by Gasteiger charge is 2.13. The number of benzene rings is 3. The third-order valence-electron chi connectivity index (χ3n) is 6.39. The van der Waals surface area contributed by atoms with Crippen molar-refractivity contribution >= 4 is 49.7 Å². The van der Waals surface area contributed by atoms with E-state index in [1.165, 1.54) is 0 Å². The van der Waals surface area contributed by atoms with Gasteiger partial charge < -0.3 is 15.4 Å². The Morgan fingerprint density at radius 1 is 0.944 bits per heavy atom. The second-order valence-electron chi connectivity index (χ2n) is 8.75. The highest BCUT2D eigenvalue weighted by atomic mass is 32.1. The first-order valence-electron chi connectivity index (χ1n) is 11.9. The van der Waals surface area contributed by atoms with Crippen LogP contribution in [0.15, 0.2) is 78.4 Å². The standard InChI is InChI=1S/C28H25N5O2S/c34-28(31-20-7-9-26-27(15-20)36-18-30-26)32-25-10-8-22(23-3-1-2-4-24(23)25)19-5-6-21(29-16-19)17-33-11-13-35-14-12-33/h1-10,15-16,18H,11-14,17H2,(H2,31,32,34). The topological polar surface area (TPSA) is 79.4 Å². The molecule has 0 aliphatic carbocycles. The van der Waals surface area contributed by atoms with Crippen LogP contribution >= 0.6 is 11.3 Å². The molecule has 8 heteroatoms. The molecule has 5 aromatic rings. The van der Waals surface area contributed by atoms with Crippen LogP contribution in [0.5, 0.6) is 0 Å². The number of aromatic nitrogens is 2. The number of carbonyl (C=O) groups excluding carboxylic acids is 1. The number of amides is 2. The molecule has 0 radical (unpaired) electrons. The fourth-order valence-corrected chi connectivity index (χ4v) is 5.26. The van der Waals surface area contributed by atoms with E-state index in [1.54, 1.807) is 16.8 Å². The Hall–Kier alpha value is -3.85. The summed E-state index contributed by atoms with van der Waals surface area (Å²) in [4.78, 5) is 24.2. The Balaban J connectivity index is 1.22. The summed E-state index contributed by atoms with van der Waals surface area (Å²) in [6.45, 7) is 4.28. The number of pyridine rings is 1. The zero-order chi connectivity index (χ0) is 24.3. The van der Waals surface area contributed by atoms with Gasteiger partial charge in [-0.05, 0) is 41.3 Å². The maximum atomic E-state index is 12.8. The number of hydrogen-bond donors (Lipinski definition) is 2. The van der Waals surface area contributed by atoms with Gasteiger partial charge in [-0.2, -0.15) is 0 Å². The van der Waals surface area contributed by atoms with E-state index in [0.29, 0.717) is 0 Å². The van der Waals surface area contributed by atoms with Gasteiger partial charge in [0.1, 0.15) is 0 Å². The fraction of sp³-hybridized carbons (Fsp3) is 0.179. The lowest BCUT2D eigenvalue weighted by Gasteiger charge is -2.26. The molecule has 0 unspecified atom stereocenters. The molecule has 180 valence electrons. The van der Waals surface area contributed by atoms with Gasteiger partial charge in [0.2, 0.25) is 0 Å². The second-order valence-corrected chi connectivity index (χ2v) is 9.63. The molecule has 0 bridgehead atoms. The first-order valence-corrected chi connectivity index (χ1v) is 12.8. The van der Waals surface area contributed by atoms with Gasteiger partial charge in [-0.25, -0.2) is 9.78 Å². The van der Waals surface area contributed by atoms with Crippen LogP contribution in [0.1, 0.15) is 5.69 Å². The van der Waals surface area contributed by atoms with Crippen molar-refractivity contribution in [2.45, 2.75) is 6.54 Å². The van der Waals surface area contributed by atoms with Gasteiger partial charge in [0.25, 0.3) is 0 Å². The molecular formula is C28H25N5O2S. The van der Waals surface area contributed by atoms with Gasteiger partial charge in [-0.3, -0.25) is 9.88 Å². The molecule has 2 amide bonds. The lowest BCUT2D eigenvalue weighted by Crippen LogP contribution is -2.35. The van der Waals surface area contributed by atoms with E-state index in [2.05, 4.69) is 38.7 Å². The SMILES string of the molecule is O=C(Nc1ccc2ncsc2c1)Nc1ccc(-c2ccc(CN3CCOCC3)nc2)c2ccccc12. The molecule has 3 aromatic carbocycles. The molecule has 1 aliphatic rings. The Bertz CT molecular complexity index is 1530. The average molecular weight is 496 g/mol. The first-order chi connectivity index (χ1) is 17.7. The molecule has 2 N–H and O–H groups in total. The monoisotopic (exact) mass is 495 g/mol. The summed E-state index contributed by atoms with van der Waals surface area (Å²) >= 11 is 1.55. The van der Waals surface area contributed by atoms with E-state index in [-0.39, 0.29) is 6.03 Å². The number of hydrogen-bond acceptors (Lipinski definition) is 6. The molecule has 1 saturated heterocycles. The predicted molar refractivity (Wildman–Crippen MR) is 146 cm³/mol. The molecule has 1 fully saturated rings. The molecule has 7 nitrogen and oxygen atoms in total. The summed E-state index contributed by atoms with van der Waals surface area (Å²) in [6, 6.07) is 21.7. The minimum absolute atomic E-state index is 0.286. The summed E-state index contributed by atoms with van der Waals surface area (Å²) in [6.07, 6.45) is 1.94. The summed E-state index contributed by atoms with van der Waals surface area (Å²) in [5, 5.41) is 7.98. The van der Waals surface area contributed by atoms with Crippen molar-refractivity contribution in [2.24, 2.45) is 0 Å². The highest BCUT2D eigenvalue weighted by molar-refractivity contribution is 7.16. The van der Waals surface area contributed by atoms with Crippen molar-refractivity contribution in [3.8, 4) is 11.1 Å². The van der Waals surface area contributed by atoms with E-state index in [1.807, 2.05) is 54.7 Å². The van der Waals surface area contributed by atoms with Crippen LogP contribution in [0.4, 0.5) is 16.2 Å². The molecule has 3 heterocycles. The van der Waals surface area contributed by atoms with Gasteiger partial charge in [-0.1, -0.05) is 36.4 Å². The lowest BCUT2D eigenvalue weighted by atomic mass is 9.98. The Kier molecular flexibility index (Phi) is 6.29. The van der Waals surface area contributed by atoms with Crippen LogP contribution in [0.3, 0.4) is 0 Å². The van der Waals surface area contributed by atoms with E-state index in [9.17, 15) is 4.79 Å². The van der Waals surface area contributed by atoms with E-state index < -0.39 is 0 Å². The summed E-state index contributed by atoms with van der Waals surface area (Å²) in [5.74, 6) is 0. The van der Waals surface area contributed by atoms with E-state index >= 15 is 0 Å². The maximum absolute atomic E-state index is 12.8. The zero-order valence-electron chi connectivity index (χ0n) is 19.6. The number of ether oxygens (including phenoxy) is 1. The lowest BCUT2D eigenvalue weighted by molar-refractivity contribution is 0.0336. The van der Waals surface area contributed by atoms with Crippen molar-refractivity contribution in [1.82, 2.24) is 14.9 Å². The summed E-state index contributed by atoms with van der Waals surface area (Å²) in [5.41, 5.74) is 7.39. The second kappa shape index (κ2) is 10.0. The molecule has 0 saturated carbocycles. The Morgan fingerprint density at radius 3 is 2.64 bits per heavy atom. The number of nitrogens with zero attached hydrogens (tertiary/aromatic N) is 3. The molecule has 0 atom stereocenters. The quantitative estimate of drug-likeness (QED) is 0.313. The predicted octanol–water partition coefficient (Wildman–Crippen LogP) is 5.99. The average Bonchev–Trinajstić information content (AvgIpc) is 3.38. The highest BCUT2D eigenvalue weighted by Crippen LogP contribution is 2.33. The Morgan fingerprint density at radius 2 is 1.81 bits per heavy atom. The van der Waals surface area contributed by atoms with Crippen molar-refractivity contribution in [2.75, 3.05) is 36.9 Å². The van der Waals surface area contributed by atoms with Gasteiger partial charge in [0, 0.05) is 42.5 Å². The maximum Gasteiger partial charge on any atom is 0.323 e. The zero-order valence-corrected chi connectivity index (χ0v) is 20.4. The fourth-order valence-electron chi connectivity index (χ4n) is 4.54. The van der Waals surface area contributed by atoms with Crippen molar-refractivity contribution in [1.29, 1.82) is 0 Å². The van der Waals surface area contributed by atoms with Crippen LogP contribution in [-0.2, 0) is 11.3 Å². The van der Waals surface area contributed by atoms with Crippen molar-refractivity contribution in [3.05, 3.63) is 84.1 Å². The first kappa shape index (κ1) is 22.6. The summed E-state index contributed by atoms with van der Waals surface area (Å²) in [7, 11) is 0. The minimum atomic E-state index is -0.286. The smallest absolute Gasteiger partial charge is 0.323 e. The third-order valence-corrected chi connectivity index (χ3v) is 7.18. The molecule has 36 heavy (non-hydrogen) atoms. The van der Waals surface area contributed by atoms with Crippen LogP contribution in [0, 0.1) is 0 Å². The van der Waals surface area contributed by atoms with Crippen LogP contribution in [-0.4, -0.2) is 47.2 Å². The van der Waals surface area contributed by atoms with Crippen LogP contribution in [0.25, 0.3) is 32.1 Å². The van der Waals surface area contributed by atoms with Gasteiger partial charge in [-0.15, -0.1) is 11.3 Å². The van der Waals surface area contributed by atoms with Crippen LogP contribution < -0.4 is 10.6 Å². The van der Waals surface area contributed by atoms with E-state index in [0.717, 1.165) is 82.0 Å². The molecule has 2 aromatic heterocycles. The number of fused-ring (bicyclic) bond motifs is 2. The third kappa shape index (κ3) is 4.79. The molecule has 1 aliphatic heterocycles. The largest absolute Gasteiger partial charge is 0.379 e. The number of rotatable bonds is 5. The summed E-state index contributed by atoms with van der Waals surface area (Å²) < 4.78 is 6.47. The molecule has 0 spiro atoms. The number of morpholine rings is 1. The van der Waals surface area contributed by atoms with Gasteiger partial charge in [0.15, 0.2) is 0 Å². The van der Waals surface area contributed by atoms with E-state index in [4.69, 9.17) is 9.72 Å². The minimum Gasteiger partial charge on any atom is -0.379 e. The number of anilines is 2. The number of thiazole rings is 1. The van der Waals surface area contributed by atoms with Gasteiger partial charge >= 0.3 is 6.03 Å². The number of nitrogens with one attached hydrogen (secondary N) is 2. The molecular weight excluding hydrogens is 470 g/mol. The molecule has 6 rings (SSSR count). The number of urea groups is 1. The Labute approximate surface area is 212 Å². The van der Waals surface area contributed by atoms with Gasteiger partial charge in [0.05, 0.1) is 40.3 Å². The van der Waals surface area contributed by atoms with Crippen LogP contribution in [0.2, 0.25) is 0 Å². The number of carbonyl (C=O) groups is 1. The van der Waals surface area contributed by atoms with Crippen molar-refractivity contribution < 1.29 is 9.53 Å².